The third-order valence-electron chi connectivity index (χ3n) is 4.95. The van der Waals surface area contributed by atoms with Crippen molar-refractivity contribution in [1.29, 1.82) is 0 Å². The van der Waals surface area contributed by atoms with E-state index in [-0.39, 0.29) is 23.1 Å². The van der Waals surface area contributed by atoms with Gasteiger partial charge in [-0.2, -0.15) is 4.98 Å². The second-order valence-electron chi connectivity index (χ2n) is 7.35. The first kappa shape index (κ1) is 20.1. The minimum absolute atomic E-state index is 0.220. The molecular formula is C22H20F3N3O2. The van der Waals surface area contributed by atoms with Gasteiger partial charge in [0.05, 0.1) is 12.2 Å². The first-order valence-electron chi connectivity index (χ1n) is 9.54. The topological polar surface area (TPSA) is 57.1 Å². The van der Waals surface area contributed by atoms with E-state index in [1.54, 1.807) is 13.0 Å². The van der Waals surface area contributed by atoms with Crippen LogP contribution in [0, 0.1) is 19.8 Å². The normalized spacial score (nSPS) is 18.2. The Bertz CT molecular complexity index is 1040. The maximum absolute atomic E-state index is 12.8. The summed E-state index contributed by atoms with van der Waals surface area (Å²) in [5, 5.41) is 0. The molecule has 0 saturated heterocycles. The summed E-state index contributed by atoms with van der Waals surface area (Å²) in [6, 6.07) is 9.93. The highest BCUT2D eigenvalue weighted by Crippen LogP contribution is 2.47. The number of halogens is 3. The van der Waals surface area contributed by atoms with Crippen LogP contribution >= 0.6 is 0 Å². The average Bonchev–Trinajstić information content (AvgIpc) is 3.46. The minimum atomic E-state index is -4.80. The molecule has 0 N–H and O–H groups in total. The number of nitrogens with zero attached hydrogens (tertiary/aromatic N) is 3. The van der Waals surface area contributed by atoms with Crippen molar-refractivity contribution >= 4 is 0 Å². The van der Waals surface area contributed by atoms with Gasteiger partial charge in [-0.1, -0.05) is 24.3 Å². The molecule has 2 atom stereocenters. The van der Waals surface area contributed by atoms with Gasteiger partial charge in [0.1, 0.15) is 11.6 Å². The van der Waals surface area contributed by atoms with Crippen LogP contribution in [0.2, 0.25) is 0 Å². The van der Waals surface area contributed by atoms with E-state index in [4.69, 9.17) is 4.74 Å². The van der Waals surface area contributed by atoms with Crippen molar-refractivity contribution in [2.24, 2.45) is 5.92 Å². The first-order chi connectivity index (χ1) is 14.3. The molecular weight excluding hydrogens is 395 g/mol. The van der Waals surface area contributed by atoms with Crippen LogP contribution in [0.3, 0.4) is 0 Å². The zero-order valence-electron chi connectivity index (χ0n) is 16.5. The van der Waals surface area contributed by atoms with Gasteiger partial charge >= 0.3 is 6.36 Å². The number of hydrogen-bond donors (Lipinski definition) is 0. The van der Waals surface area contributed by atoms with Crippen molar-refractivity contribution in [3.8, 4) is 22.8 Å². The summed E-state index contributed by atoms with van der Waals surface area (Å²) in [5.74, 6) is 0.983. The fourth-order valence-electron chi connectivity index (χ4n) is 3.33. The molecule has 0 radical (unpaired) electrons. The molecule has 1 aliphatic carbocycles. The summed E-state index contributed by atoms with van der Waals surface area (Å²) in [6.45, 7) is 4.08. The monoisotopic (exact) mass is 415 g/mol. The number of aromatic nitrogens is 3. The molecule has 3 aromatic rings. The summed E-state index contributed by atoms with van der Waals surface area (Å²) in [7, 11) is 0. The van der Waals surface area contributed by atoms with Crippen LogP contribution in [0.1, 0.15) is 29.4 Å². The van der Waals surface area contributed by atoms with Crippen LogP contribution < -0.4 is 9.47 Å². The number of alkyl halides is 3. The Morgan fingerprint density at radius 3 is 2.53 bits per heavy atom. The molecule has 4 rings (SSSR count). The van der Waals surface area contributed by atoms with Crippen molar-refractivity contribution in [3.63, 3.8) is 0 Å². The summed E-state index contributed by atoms with van der Waals surface area (Å²) >= 11 is 0. The predicted octanol–water partition coefficient (Wildman–Crippen LogP) is 5.24. The van der Waals surface area contributed by atoms with Crippen LogP contribution in [0.15, 0.2) is 48.8 Å². The Kier molecular flexibility index (Phi) is 5.32. The van der Waals surface area contributed by atoms with Gasteiger partial charge in [0.25, 0.3) is 0 Å². The van der Waals surface area contributed by atoms with E-state index >= 15 is 0 Å². The van der Waals surface area contributed by atoms with Crippen molar-refractivity contribution in [3.05, 3.63) is 65.9 Å². The molecule has 8 heteroatoms. The van der Waals surface area contributed by atoms with Crippen LogP contribution in [-0.4, -0.2) is 27.9 Å². The van der Waals surface area contributed by atoms with Crippen molar-refractivity contribution in [2.45, 2.75) is 32.5 Å². The van der Waals surface area contributed by atoms with Gasteiger partial charge in [-0.3, -0.25) is 4.98 Å². The summed E-state index contributed by atoms with van der Waals surface area (Å²) < 4.78 is 48.5. The number of ether oxygens (including phenoxy) is 2. The quantitative estimate of drug-likeness (QED) is 0.551. The van der Waals surface area contributed by atoms with Crippen LogP contribution in [0.4, 0.5) is 13.2 Å². The van der Waals surface area contributed by atoms with E-state index < -0.39 is 6.36 Å². The van der Waals surface area contributed by atoms with Crippen LogP contribution in [0.5, 0.6) is 11.6 Å². The van der Waals surface area contributed by atoms with Crippen molar-refractivity contribution in [2.75, 3.05) is 6.61 Å². The lowest BCUT2D eigenvalue weighted by atomic mass is 10.1. The molecule has 1 aliphatic rings. The Morgan fingerprint density at radius 2 is 1.80 bits per heavy atom. The lowest BCUT2D eigenvalue weighted by Gasteiger charge is -2.15. The predicted molar refractivity (Wildman–Crippen MR) is 104 cm³/mol. The molecule has 156 valence electrons. The molecule has 0 amide bonds. The minimum Gasteiger partial charge on any atom is -0.477 e. The number of aryl methyl sites for hydroxylation is 2. The van der Waals surface area contributed by atoms with Crippen molar-refractivity contribution < 1.29 is 22.6 Å². The van der Waals surface area contributed by atoms with E-state index in [2.05, 4.69) is 19.7 Å². The molecule has 0 aliphatic heterocycles. The van der Waals surface area contributed by atoms with Gasteiger partial charge in [-0.05, 0) is 38.0 Å². The molecule has 2 unspecified atom stereocenters. The SMILES string of the molecule is Cc1ccc(C2CC2COc2nc(C)ncc2-c2ccccc2OC(F)(F)F)nc1. The standard InChI is InChI=1S/C22H20F3N3O2/c1-13-7-8-19(27-10-13)17-9-15(17)12-29-21-18(11-26-14(2)28-21)16-5-3-4-6-20(16)30-22(23,24)25/h3-8,10-11,15,17H,9,12H2,1-2H3. The number of benzene rings is 1. The molecule has 0 spiro atoms. The highest BCUT2D eigenvalue weighted by Gasteiger charge is 2.40. The van der Waals surface area contributed by atoms with E-state index in [9.17, 15) is 13.2 Å². The smallest absolute Gasteiger partial charge is 0.477 e. The Hall–Kier alpha value is -3.16. The fraction of sp³-hybridized carbons (Fsp3) is 0.318. The van der Waals surface area contributed by atoms with Gasteiger partial charge in [0.15, 0.2) is 0 Å². The van der Waals surface area contributed by atoms with Gasteiger partial charge in [0, 0.05) is 35.5 Å². The summed E-state index contributed by atoms with van der Waals surface area (Å²) in [6.07, 6.45) is -0.550. The molecule has 2 aromatic heterocycles. The molecule has 1 saturated carbocycles. The highest BCUT2D eigenvalue weighted by atomic mass is 19.4. The van der Waals surface area contributed by atoms with E-state index in [1.807, 2.05) is 25.3 Å². The fourth-order valence-corrected chi connectivity index (χ4v) is 3.33. The van der Waals surface area contributed by atoms with Gasteiger partial charge in [-0.25, -0.2) is 4.98 Å². The second kappa shape index (κ2) is 7.93. The highest BCUT2D eigenvalue weighted by molar-refractivity contribution is 5.73. The van der Waals surface area contributed by atoms with Crippen LogP contribution in [-0.2, 0) is 0 Å². The maximum atomic E-state index is 12.8. The lowest BCUT2D eigenvalue weighted by molar-refractivity contribution is -0.274. The third-order valence-corrected chi connectivity index (χ3v) is 4.95. The number of rotatable bonds is 6. The molecule has 5 nitrogen and oxygen atoms in total. The average molecular weight is 415 g/mol. The van der Waals surface area contributed by atoms with Gasteiger partial charge < -0.3 is 9.47 Å². The van der Waals surface area contributed by atoms with E-state index in [0.29, 0.717) is 23.9 Å². The second-order valence-corrected chi connectivity index (χ2v) is 7.35. The van der Waals surface area contributed by atoms with E-state index in [1.165, 1.54) is 24.4 Å². The molecule has 2 heterocycles. The Morgan fingerprint density at radius 1 is 1.00 bits per heavy atom. The van der Waals surface area contributed by atoms with Gasteiger partial charge in [-0.15, -0.1) is 13.2 Å². The van der Waals surface area contributed by atoms with E-state index in [0.717, 1.165) is 17.7 Å². The van der Waals surface area contributed by atoms with Crippen molar-refractivity contribution in [1.82, 2.24) is 15.0 Å². The summed E-state index contributed by atoms with van der Waals surface area (Å²) in [5.41, 5.74) is 2.70. The Labute approximate surface area is 171 Å². The molecule has 1 aromatic carbocycles. The summed E-state index contributed by atoms with van der Waals surface area (Å²) in [4.78, 5) is 12.9. The third kappa shape index (κ3) is 4.69. The van der Waals surface area contributed by atoms with Crippen LogP contribution in [0.25, 0.3) is 11.1 Å². The zero-order valence-corrected chi connectivity index (χ0v) is 16.5. The Balaban J connectivity index is 1.53. The molecule has 0 bridgehead atoms. The van der Waals surface area contributed by atoms with Gasteiger partial charge in [0.2, 0.25) is 5.88 Å². The number of para-hydroxylation sites is 1. The molecule has 30 heavy (non-hydrogen) atoms. The first-order valence-corrected chi connectivity index (χ1v) is 9.54. The lowest BCUT2D eigenvalue weighted by Crippen LogP contribution is -2.17. The molecule has 1 fully saturated rings. The zero-order chi connectivity index (χ0) is 21.3. The maximum Gasteiger partial charge on any atom is 0.573 e. The number of pyridine rings is 1. The largest absolute Gasteiger partial charge is 0.573 e. The number of hydrogen-bond acceptors (Lipinski definition) is 5.